The number of anilines is 1. The molecule has 2 fully saturated rings. The number of hydrogen-bond donors (Lipinski definition) is 1. The Bertz CT molecular complexity index is 648. The number of morpholine rings is 1. The van der Waals surface area contributed by atoms with Crippen molar-refractivity contribution in [2.24, 2.45) is 5.92 Å². The molecule has 0 radical (unpaired) electrons. The highest BCUT2D eigenvalue weighted by molar-refractivity contribution is 5.77. The molecule has 27 heavy (non-hydrogen) atoms. The average Bonchev–Trinajstić information content (AvgIpc) is 2.73. The number of esters is 1. The molecule has 8 heteroatoms. The molecular formula is C19H28N4O4. The van der Waals surface area contributed by atoms with Crippen LogP contribution in [-0.2, 0) is 20.8 Å². The van der Waals surface area contributed by atoms with Crippen molar-refractivity contribution in [2.45, 2.75) is 26.3 Å². The predicted octanol–water partition coefficient (Wildman–Crippen LogP) is 1.40. The first kappa shape index (κ1) is 19.4. The molecule has 148 valence electrons. The normalized spacial score (nSPS) is 20.3. The van der Waals surface area contributed by atoms with Crippen molar-refractivity contribution in [3.05, 3.63) is 23.9 Å². The number of pyridine rings is 1. The van der Waals surface area contributed by atoms with Gasteiger partial charge in [0.2, 0.25) is 0 Å². The van der Waals surface area contributed by atoms with Crippen molar-refractivity contribution >= 4 is 17.8 Å². The van der Waals surface area contributed by atoms with Crippen LogP contribution in [-0.4, -0.2) is 67.9 Å². The first-order valence-electron chi connectivity index (χ1n) is 9.64. The molecule has 8 nitrogen and oxygen atoms in total. The summed E-state index contributed by atoms with van der Waals surface area (Å²) in [6.45, 7) is 6.74. The zero-order valence-corrected chi connectivity index (χ0v) is 15.9. The third kappa shape index (κ3) is 5.32. The molecule has 2 aliphatic rings. The van der Waals surface area contributed by atoms with Crippen molar-refractivity contribution < 1.29 is 19.1 Å². The predicted molar refractivity (Wildman–Crippen MR) is 100 cm³/mol. The first-order chi connectivity index (χ1) is 13.2. The molecule has 3 rings (SSSR count). The third-order valence-electron chi connectivity index (χ3n) is 4.92. The van der Waals surface area contributed by atoms with Crippen molar-refractivity contribution in [3.63, 3.8) is 0 Å². The molecular weight excluding hydrogens is 348 g/mol. The van der Waals surface area contributed by atoms with Crippen LogP contribution in [0, 0.1) is 5.92 Å². The van der Waals surface area contributed by atoms with E-state index in [0.29, 0.717) is 39.5 Å². The van der Waals surface area contributed by atoms with Crippen LogP contribution >= 0.6 is 0 Å². The van der Waals surface area contributed by atoms with Gasteiger partial charge in [-0.25, -0.2) is 9.78 Å². The second-order valence-corrected chi connectivity index (χ2v) is 6.82. The van der Waals surface area contributed by atoms with Gasteiger partial charge < -0.3 is 24.6 Å². The summed E-state index contributed by atoms with van der Waals surface area (Å²) < 4.78 is 10.5. The lowest BCUT2D eigenvalue weighted by molar-refractivity contribution is -0.149. The second-order valence-electron chi connectivity index (χ2n) is 6.82. The van der Waals surface area contributed by atoms with E-state index in [-0.39, 0.29) is 17.9 Å². The van der Waals surface area contributed by atoms with Gasteiger partial charge in [0.25, 0.3) is 0 Å². The van der Waals surface area contributed by atoms with Gasteiger partial charge in [0, 0.05) is 38.9 Å². The third-order valence-corrected chi connectivity index (χ3v) is 4.92. The van der Waals surface area contributed by atoms with Gasteiger partial charge in [-0.1, -0.05) is 0 Å². The minimum atomic E-state index is -0.224. The Morgan fingerprint density at radius 3 is 2.93 bits per heavy atom. The monoisotopic (exact) mass is 376 g/mol. The average molecular weight is 376 g/mol. The molecule has 0 aliphatic carbocycles. The van der Waals surface area contributed by atoms with Gasteiger partial charge in [0.05, 0.1) is 25.7 Å². The van der Waals surface area contributed by atoms with Gasteiger partial charge in [-0.15, -0.1) is 0 Å². The molecule has 3 heterocycles. The fraction of sp³-hybridized carbons (Fsp3) is 0.632. The zero-order chi connectivity index (χ0) is 19.1. The van der Waals surface area contributed by atoms with E-state index < -0.39 is 0 Å². The lowest BCUT2D eigenvalue weighted by atomic mass is 9.98. The molecule has 0 saturated carbocycles. The summed E-state index contributed by atoms with van der Waals surface area (Å²) in [7, 11) is 0. The number of aromatic nitrogens is 1. The molecule has 1 N–H and O–H groups in total. The number of rotatable bonds is 5. The lowest BCUT2D eigenvalue weighted by Crippen LogP contribution is -2.47. The van der Waals surface area contributed by atoms with Crippen molar-refractivity contribution in [3.8, 4) is 0 Å². The van der Waals surface area contributed by atoms with Crippen LogP contribution in [0.5, 0.6) is 0 Å². The van der Waals surface area contributed by atoms with E-state index in [0.717, 1.165) is 37.3 Å². The number of amides is 2. The number of carbonyl (C=O) groups is 2. The fourth-order valence-corrected chi connectivity index (χ4v) is 3.44. The van der Waals surface area contributed by atoms with Crippen LogP contribution < -0.4 is 10.2 Å². The zero-order valence-electron chi connectivity index (χ0n) is 15.9. The largest absolute Gasteiger partial charge is 0.466 e. The van der Waals surface area contributed by atoms with Crippen LogP contribution in [0.3, 0.4) is 0 Å². The molecule has 2 aliphatic heterocycles. The molecule has 2 amide bonds. The molecule has 0 bridgehead atoms. The topological polar surface area (TPSA) is 84.0 Å². The van der Waals surface area contributed by atoms with Gasteiger partial charge >= 0.3 is 12.0 Å². The van der Waals surface area contributed by atoms with Crippen LogP contribution in [0.2, 0.25) is 0 Å². The molecule has 2 saturated heterocycles. The number of likely N-dealkylation sites (tertiary alicyclic amines) is 1. The number of piperidine rings is 1. The highest BCUT2D eigenvalue weighted by Gasteiger charge is 2.29. The summed E-state index contributed by atoms with van der Waals surface area (Å²) in [5, 5.41) is 2.95. The maximum atomic E-state index is 12.5. The smallest absolute Gasteiger partial charge is 0.317 e. The van der Waals surface area contributed by atoms with Gasteiger partial charge in [0.15, 0.2) is 0 Å². The molecule has 1 aromatic heterocycles. The fourth-order valence-electron chi connectivity index (χ4n) is 3.44. The van der Waals surface area contributed by atoms with Crippen molar-refractivity contribution in [1.82, 2.24) is 15.2 Å². The number of ether oxygens (including phenoxy) is 2. The summed E-state index contributed by atoms with van der Waals surface area (Å²) in [6.07, 6.45) is 3.35. The van der Waals surface area contributed by atoms with E-state index in [1.165, 1.54) is 0 Å². The number of carbonyl (C=O) groups excluding carboxylic acids is 2. The summed E-state index contributed by atoms with van der Waals surface area (Å²) in [4.78, 5) is 32.7. The Morgan fingerprint density at radius 1 is 1.33 bits per heavy atom. The Kier molecular flexibility index (Phi) is 6.86. The number of hydrogen-bond acceptors (Lipinski definition) is 6. The summed E-state index contributed by atoms with van der Waals surface area (Å²) >= 11 is 0. The van der Waals surface area contributed by atoms with E-state index in [9.17, 15) is 9.59 Å². The maximum Gasteiger partial charge on any atom is 0.317 e. The molecule has 0 spiro atoms. The maximum absolute atomic E-state index is 12.5. The quantitative estimate of drug-likeness (QED) is 0.782. The van der Waals surface area contributed by atoms with E-state index in [4.69, 9.17) is 9.47 Å². The highest BCUT2D eigenvalue weighted by atomic mass is 16.5. The van der Waals surface area contributed by atoms with Crippen LogP contribution in [0.4, 0.5) is 10.6 Å². The SMILES string of the molecule is CCOC(=O)C1CCCN(C(=O)NCc2ccnc(N3CCOCC3)c2)C1. The molecule has 0 aromatic carbocycles. The van der Waals surface area contributed by atoms with Gasteiger partial charge in [-0.2, -0.15) is 0 Å². The highest BCUT2D eigenvalue weighted by Crippen LogP contribution is 2.18. The standard InChI is InChI=1S/C19H28N4O4/c1-2-27-18(24)16-4-3-7-23(14-16)19(25)21-13-15-5-6-20-17(12-15)22-8-10-26-11-9-22/h5-6,12,16H,2-4,7-11,13-14H2,1H3,(H,21,25). The van der Waals surface area contributed by atoms with Gasteiger partial charge in [0.1, 0.15) is 5.82 Å². The van der Waals surface area contributed by atoms with Crippen LogP contribution in [0.1, 0.15) is 25.3 Å². The minimum absolute atomic E-state index is 0.145. The molecule has 1 aromatic rings. The van der Waals surface area contributed by atoms with E-state index >= 15 is 0 Å². The van der Waals surface area contributed by atoms with Crippen LogP contribution in [0.15, 0.2) is 18.3 Å². The summed E-state index contributed by atoms with van der Waals surface area (Å²) in [5.74, 6) is 0.475. The van der Waals surface area contributed by atoms with Gasteiger partial charge in [-0.05, 0) is 37.5 Å². The summed E-state index contributed by atoms with van der Waals surface area (Å²) in [5.41, 5.74) is 0.999. The van der Waals surface area contributed by atoms with Crippen molar-refractivity contribution in [1.29, 1.82) is 0 Å². The van der Waals surface area contributed by atoms with Crippen LogP contribution in [0.25, 0.3) is 0 Å². The first-order valence-corrected chi connectivity index (χ1v) is 9.64. The Morgan fingerprint density at radius 2 is 2.15 bits per heavy atom. The number of urea groups is 1. The van der Waals surface area contributed by atoms with E-state index in [2.05, 4.69) is 15.2 Å². The molecule has 1 unspecified atom stereocenters. The Hall–Kier alpha value is -2.35. The van der Waals surface area contributed by atoms with E-state index in [1.54, 1.807) is 18.0 Å². The molecule has 1 atom stereocenters. The van der Waals surface area contributed by atoms with Crippen molar-refractivity contribution in [2.75, 3.05) is 50.9 Å². The number of nitrogens with zero attached hydrogens (tertiary/aromatic N) is 3. The second kappa shape index (κ2) is 9.55. The van der Waals surface area contributed by atoms with Gasteiger partial charge in [-0.3, -0.25) is 4.79 Å². The summed E-state index contributed by atoms with van der Waals surface area (Å²) in [6, 6.07) is 3.76. The lowest BCUT2D eigenvalue weighted by Gasteiger charge is -2.31. The Labute approximate surface area is 159 Å². The van der Waals surface area contributed by atoms with E-state index in [1.807, 2.05) is 12.1 Å². The minimum Gasteiger partial charge on any atom is -0.466 e. The number of nitrogens with one attached hydrogen (secondary N) is 1. The Balaban J connectivity index is 1.52.